The quantitative estimate of drug-likeness (QED) is 0.612. The summed E-state index contributed by atoms with van der Waals surface area (Å²) in [5, 5.41) is 10.8. The Bertz CT molecular complexity index is 501. The van der Waals surface area contributed by atoms with Gasteiger partial charge < -0.3 is 10.0 Å². The molecule has 0 spiro atoms. The van der Waals surface area contributed by atoms with E-state index in [1.165, 1.54) is 0 Å². The number of hydrogen-bond donors (Lipinski definition) is 1. The van der Waals surface area contributed by atoms with Crippen LogP contribution < -0.4 is 0 Å². The fourth-order valence-corrected chi connectivity index (χ4v) is 2.95. The zero-order valence-corrected chi connectivity index (χ0v) is 13.4. The largest absolute Gasteiger partial charge is 0.386 e. The molecular formula is C12H12Cl2INO2. The fourth-order valence-electron chi connectivity index (χ4n) is 1.91. The molecule has 0 saturated carbocycles. The van der Waals surface area contributed by atoms with Crippen molar-refractivity contribution in [2.24, 2.45) is 0 Å². The van der Waals surface area contributed by atoms with Crippen molar-refractivity contribution < 1.29 is 9.90 Å². The lowest BCUT2D eigenvalue weighted by Gasteiger charge is -2.46. The molecule has 1 N–H and O–H groups in total. The van der Waals surface area contributed by atoms with Crippen molar-refractivity contribution in [3.8, 4) is 0 Å². The lowest BCUT2D eigenvalue weighted by atomic mass is 9.90. The van der Waals surface area contributed by atoms with E-state index in [0.29, 0.717) is 38.7 Å². The molecular weight excluding hydrogens is 388 g/mol. The summed E-state index contributed by atoms with van der Waals surface area (Å²) in [5.74, 6) is -0.137. The SMILES string of the molecule is CCC1(O)CN(C(=O)c2cc(Cl)cc(Cl)c2I)C1. The van der Waals surface area contributed by atoms with E-state index < -0.39 is 5.60 Å². The third-order valence-electron chi connectivity index (χ3n) is 3.14. The molecule has 2 rings (SSSR count). The Morgan fingerprint density at radius 1 is 1.50 bits per heavy atom. The second-order valence-electron chi connectivity index (χ2n) is 4.49. The first-order valence-electron chi connectivity index (χ1n) is 5.52. The van der Waals surface area contributed by atoms with Gasteiger partial charge in [-0.05, 0) is 41.1 Å². The minimum atomic E-state index is -0.733. The van der Waals surface area contributed by atoms with E-state index >= 15 is 0 Å². The summed E-state index contributed by atoms with van der Waals surface area (Å²) in [6.45, 7) is 2.63. The van der Waals surface area contributed by atoms with Crippen LogP contribution in [-0.4, -0.2) is 34.6 Å². The lowest BCUT2D eigenvalue weighted by molar-refractivity contribution is -0.0826. The summed E-state index contributed by atoms with van der Waals surface area (Å²) in [6.07, 6.45) is 0.643. The van der Waals surface area contributed by atoms with E-state index in [1.54, 1.807) is 17.0 Å². The molecule has 1 saturated heterocycles. The Balaban J connectivity index is 2.21. The lowest BCUT2D eigenvalue weighted by Crippen LogP contribution is -2.63. The van der Waals surface area contributed by atoms with Crippen molar-refractivity contribution >= 4 is 51.7 Å². The van der Waals surface area contributed by atoms with Gasteiger partial charge in [-0.2, -0.15) is 0 Å². The number of carbonyl (C=O) groups is 1. The number of benzene rings is 1. The summed E-state index contributed by atoms with van der Waals surface area (Å²) < 4.78 is 0.690. The average molecular weight is 400 g/mol. The van der Waals surface area contributed by atoms with E-state index in [4.69, 9.17) is 23.2 Å². The van der Waals surface area contributed by atoms with Crippen LogP contribution in [0, 0.1) is 3.57 Å². The zero-order valence-electron chi connectivity index (χ0n) is 9.71. The zero-order chi connectivity index (χ0) is 13.5. The highest BCUT2D eigenvalue weighted by atomic mass is 127. The van der Waals surface area contributed by atoms with Crippen LogP contribution in [0.2, 0.25) is 10.0 Å². The van der Waals surface area contributed by atoms with Gasteiger partial charge in [0.15, 0.2) is 0 Å². The number of amides is 1. The summed E-state index contributed by atoms with van der Waals surface area (Å²) in [6, 6.07) is 3.22. The van der Waals surface area contributed by atoms with Crippen molar-refractivity contribution in [2.75, 3.05) is 13.1 Å². The van der Waals surface area contributed by atoms with Crippen LogP contribution in [0.3, 0.4) is 0 Å². The molecule has 0 aliphatic carbocycles. The Kier molecular flexibility index (Phi) is 4.11. The maximum Gasteiger partial charge on any atom is 0.255 e. The van der Waals surface area contributed by atoms with E-state index in [-0.39, 0.29) is 5.91 Å². The summed E-state index contributed by atoms with van der Waals surface area (Å²) >= 11 is 13.9. The number of nitrogens with zero attached hydrogens (tertiary/aromatic N) is 1. The van der Waals surface area contributed by atoms with Crippen molar-refractivity contribution in [1.82, 2.24) is 4.90 Å². The molecule has 1 aliphatic rings. The molecule has 1 heterocycles. The van der Waals surface area contributed by atoms with Crippen molar-refractivity contribution in [3.63, 3.8) is 0 Å². The van der Waals surface area contributed by atoms with Gasteiger partial charge in [0.05, 0.1) is 29.3 Å². The molecule has 0 aromatic heterocycles. The monoisotopic (exact) mass is 399 g/mol. The van der Waals surface area contributed by atoms with Crippen molar-refractivity contribution in [3.05, 3.63) is 31.3 Å². The van der Waals surface area contributed by atoms with E-state index in [0.717, 1.165) is 0 Å². The highest BCUT2D eigenvalue weighted by Gasteiger charge is 2.42. The van der Waals surface area contributed by atoms with Gasteiger partial charge in [0.25, 0.3) is 5.91 Å². The highest BCUT2D eigenvalue weighted by Crippen LogP contribution is 2.31. The van der Waals surface area contributed by atoms with Crippen LogP contribution in [-0.2, 0) is 0 Å². The number of β-amino-alcohol motifs (C(OH)–C–C–N with tert-alkyl or cyclic N) is 1. The minimum absolute atomic E-state index is 0.137. The maximum atomic E-state index is 12.2. The van der Waals surface area contributed by atoms with Crippen LogP contribution in [0.4, 0.5) is 0 Å². The minimum Gasteiger partial charge on any atom is -0.386 e. The number of aliphatic hydroxyl groups is 1. The molecule has 1 aromatic carbocycles. The molecule has 0 unspecified atom stereocenters. The van der Waals surface area contributed by atoms with Crippen LogP contribution in [0.25, 0.3) is 0 Å². The Morgan fingerprint density at radius 2 is 2.11 bits per heavy atom. The molecule has 1 aromatic rings. The maximum absolute atomic E-state index is 12.2. The first-order valence-corrected chi connectivity index (χ1v) is 7.36. The van der Waals surface area contributed by atoms with Gasteiger partial charge in [0, 0.05) is 8.59 Å². The van der Waals surface area contributed by atoms with Gasteiger partial charge in [0.1, 0.15) is 0 Å². The van der Waals surface area contributed by atoms with Crippen LogP contribution >= 0.6 is 45.8 Å². The predicted molar refractivity (Wildman–Crippen MR) is 80.3 cm³/mol. The molecule has 3 nitrogen and oxygen atoms in total. The number of likely N-dealkylation sites (tertiary alicyclic amines) is 1. The van der Waals surface area contributed by atoms with Crippen molar-refractivity contribution in [1.29, 1.82) is 0 Å². The third kappa shape index (κ3) is 2.61. The molecule has 0 bridgehead atoms. The molecule has 6 heteroatoms. The van der Waals surface area contributed by atoms with Gasteiger partial charge in [-0.25, -0.2) is 0 Å². The standard InChI is InChI=1S/C12H12Cl2INO2/c1-2-12(18)5-16(6-12)11(17)8-3-7(13)4-9(14)10(8)15/h3-4,18H,2,5-6H2,1H3. The second kappa shape index (κ2) is 5.15. The highest BCUT2D eigenvalue weighted by molar-refractivity contribution is 14.1. The molecule has 1 fully saturated rings. The van der Waals surface area contributed by atoms with E-state index in [9.17, 15) is 9.90 Å². The molecule has 0 atom stereocenters. The topological polar surface area (TPSA) is 40.5 Å². The Morgan fingerprint density at radius 3 is 2.67 bits per heavy atom. The third-order valence-corrected chi connectivity index (χ3v) is 5.14. The number of rotatable bonds is 2. The van der Waals surface area contributed by atoms with Crippen molar-refractivity contribution in [2.45, 2.75) is 18.9 Å². The second-order valence-corrected chi connectivity index (χ2v) is 6.41. The smallest absolute Gasteiger partial charge is 0.255 e. The molecule has 1 amide bonds. The predicted octanol–water partition coefficient (Wildman–Crippen LogP) is 3.19. The van der Waals surface area contributed by atoms with Gasteiger partial charge >= 0.3 is 0 Å². The molecule has 18 heavy (non-hydrogen) atoms. The van der Waals surface area contributed by atoms with Crippen LogP contribution in [0.15, 0.2) is 12.1 Å². The van der Waals surface area contributed by atoms with Gasteiger partial charge in [-0.3, -0.25) is 4.79 Å². The number of carbonyl (C=O) groups excluding carboxylic acids is 1. The average Bonchev–Trinajstić information content (AvgIpc) is 2.28. The number of hydrogen-bond acceptors (Lipinski definition) is 2. The normalized spacial score (nSPS) is 17.5. The Labute approximate surface area is 129 Å². The summed E-state index contributed by atoms with van der Waals surface area (Å²) in [5.41, 5.74) is -0.241. The number of halogens is 3. The van der Waals surface area contributed by atoms with Gasteiger partial charge in [0.2, 0.25) is 0 Å². The fraction of sp³-hybridized carbons (Fsp3) is 0.417. The molecule has 98 valence electrons. The molecule has 1 aliphatic heterocycles. The van der Waals surface area contributed by atoms with Gasteiger partial charge in [-0.1, -0.05) is 30.1 Å². The van der Waals surface area contributed by atoms with Gasteiger partial charge in [-0.15, -0.1) is 0 Å². The summed E-state index contributed by atoms with van der Waals surface area (Å²) in [4.78, 5) is 13.9. The Hall–Kier alpha value is -0.0400. The molecule has 0 radical (unpaired) electrons. The van der Waals surface area contributed by atoms with E-state index in [2.05, 4.69) is 0 Å². The summed E-state index contributed by atoms with van der Waals surface area (Å²) in [7, 11) is 0. The van der Waals surface area contributed by atoms with Crippen LogP contribution in [0.1, 0.15) is 23.7 Å². The van der Waals surface area contributed by atoms with Crippen LogP contribution in [0.5, 0.6) is 0 Å². The first kappa shape index (κ1) is 14.4. The first-order chi connectivity index (χ1) is 8.36. The van der Waals surface area contributed by atoms with E-state index in [1.807, 2.05) is 29.5 Å².